The minimum Gasteiger partial charge on any atom is -0.483 e. The molecule has 7 nitrogen and oxygen atoms in total. The van der Waals surface area contributed by atoms with Gasteiger partial charge in [0.1, 0.15) is 5.75 Å². The molecule has 0 radical (unpaired) electrons. The number of aryl methyl sites for hydroxylation is 1. The molecule has 0 spiro atoms. The van der Waals surface area contributed by atoms with Crippen molar-refractivity contribution in [2.45, 2.75) is 46.5 Å². The Morgan fingerprint density at radius 1 is 1.26 bits per heavy atom. The van der Waals surface area contributed by atoms with Gasteiger partial charge >= 0.3 is 6.09 Å². The molecule has 27 heavy (non-hydrogen) atoms. The molecule has 0 atom stereocenters. The molecule has 2 rings (SSSR count). The zero-order valence-corrected chi connectivity index (χ0v) is 16.6. The highest BCUT2D eigenvalue weighted by molar-refractivity contribution is 5.88. The molecule has 0 aromatic heterocycles. The Kier molecular flexibility index (Phi) is 7.64. The summed E-state index contributed by atoms with van der Waals surface area (Å²) in [5, 5.41) is 4.17. The van der Waals surface area contributed by atoms with Gasteiger partial charge in [0.15, 0.2) is 6.61 Å². The van der Waals surface area contributed by atoms with Crippen molar-refractivity contribution < 1.29 is 19.1 Å². The molecule has 1 fully saturated rings. The molecule has 7 heteroatoms. The number of hydrogen-bond donors (Lipinski definition) is 1. The second kappa shape index (κ2) is 9.94. The quantitative estimate of drug-likeness (QED) is 0.774. The molecule has 1 aromatic rings. The van der Waals surface area contributed by atoms with Crippen LogP contribution in [0.25, 0.3) is 0 Å². The number of amides is 2. The van der Waals surface area contributed by atoms with Gasteiger partial charge in [-0.1, -0.05) is 26.0 Å². The zero-order valence-electron chi connectivity index (χ0n) is 16.6. The molecule has 1 aliphatic rings. The highest BCUT2D eigenvalue weighted by atomic mass is 16.6. The van der Waals surface area contributed by atoms with Gasteiger partial charge in [-0.3, -0.25) is 4.79 Å². The average Bonchev–Trinajstić information content (AvgIpc) is 2.65. The molecule has 1 aliphatic heterocycles. The Morgan fingerprint density at radius 3 is 2.59 bits per heavy atom. The van der Waals surface area contributed by atoms with Crippen molar-refractivity contribution in [1.29, 1.82) is 0 Å². The molecule has 0 aliphatic carbocycles. The Labute approximate surface area is 160 Å². The van der Waals surface area contributed by atoms with E-state index in [0.717, 1.165) is 22.6 Å². The first-order chi connectivity index (χ1) is 12.9. The summed E-state index contributed by atoms with van der Waals surface area (Å²) in [6, 6.07) is 6.02. The number of ether oxygens (including phenoxy) is 2. The number of hydrogen-bond acceptors (Lipinski definition) is 5. The molecular weight excluding hydrogens is 346 g/mol. The van der Waals surface area contributed by atoms with Crippen molar-refractivity contribution in [3.63, 3.8) is 0 Å². The summed E-state index contributed by atoms with van der Waals surface area (Å²) in [7, 11) is 0. The maximum atomic E-state index is 12.1. The van der Waals surface area contributed by atoms with Crippen molar-refractivity contribution in [3.05, 3.63) is 29.3 Å². The third kappa shape index (κ3) is 6.27. The number of rotatable bonds is 6. The number of benzene rings is 1. The van der Waals surface area contributed by atoms with E-state index in [1.807, 2.05) is 25.1 Å². The van der Waals surface area contributed by atoms with Crippen molar-refractivity contribution in [2.75, 3.05) is 26.3 Å². The van der Waals surface area contributed by atoms with Gasteiger partial charge in [0.2, 0.25) is 0 Å². The summed E-state index contributed by atoms with van der Waals surface area (Å²) in [5.41, 5.74) is 5.57. The van der Waals surface area contributed by atoms with E-state index in [2.05, 4.69) is 24.4 Å². The molecule has 1 N–H and O–H groups in total. The van der Waals surface area contributed by atoms with Crippen molar-refractivity contribution in [3.8, 4) is 5.75 Å². The van der Waals surface area contributed by atoms with Crippen molar-refractivity contribution in [2.24, 2.45) is 5.10 Å². The number of piperidine rings is 1. The van der Waals surface area contributed by atoms with Gasteiger partial charge in [-0.05, 0) is 37.0 Å². The van der Waals surface area contributed by atoms with Crippen LogP contribution in [0.3, 0.4) is 0 Å². The molecular formula is C20H29N3O4. The lowest BCUT2D eigenvalue weighted by atomic mass is 10.0. The number of hydrazone groups is 1. The zero-order chi connectivity index (χ0) is 19.8. The summed E-state index contributed by atoms with van der Waals surface area (Å²) in [5.74, 6) is 0.746. The predicted octanol–water partition coefficient (Wildman–Crippen LogP) is 3.22. The molecule has 0 unspecified atom stereocenters. The molecule has 0 bridgehead atoms. The fourth-order valence-corrected chi connectivity index (χ4v) is 2.83. The maximum absolute atomic E-state index is 12.1. The Balaban J connectivity index is 1.81. The minimum atomic E-state index is -0.300. The Hall–Kier alpha value is -2.57. The monoisotopic (exact) mass is 375 g/mol. The average molecular weight is 375 g/mol. The first kappa shape index (κ1) is 20.7. The molecule has 2 amide bonds. The Morgan fingerprint density at radius 2 is 1.96 bits per heavy atom. The van der Waals surface area contributed by atoms with Crippen LogP contribution < -0.4 is 10.2 Å². The summed E-state index contributed by atoms with van der Waals surface area (Å²) in [6.07, 6.45) is 0.943. The van der Waals surface area contributed by atoms with E-state index >= 15 is 0 Å². The summed E-state index contributed by atoms with van der Waals surface area (Å²) in [4.78, 5) is 25.4. The number of nitrogens with one attached hydrogen (secondary N) is 1. The van der Waals surface area contributed by atoms with Crippen LogP contribution in [0, 0.1) is 6.92 Å². The second-order valence-electron chi connectivity index (χ2n) is 6.88. The fraction of sp³-hybridized carbons (Fsp3) is 0.550. The SMILES string of the molecule is CCOC(=O)N1CCC(=NNC(=O)COc2cc(C)ccc2C(C)C)CC1. The topological polar surface area (TPSA) is 80.2 Å². The van der Waals surface area contributed by atoms with Gasteiger partial charge in [0.05, 0.1) is 6.61 Å². The predicted molar refractivity (Wildman–Crippen MR) is 104 cm³/mol. The van der Waals surface area contributed by atoms with Crippen LogP contribution in [0.2, 0.25) is 0 Å². The van der Waals surface area contributed by atoms with Crippen LogP contribution in [0.15, 0.2) is 23.3 Å². The molecule has 0 saturated carbocycles. The van der Waals surface area contributed by atoms with Gasteiger partial charge in [-0.15, -0.1) is 0 Å². The van der Waals surface area contributed by atoms with Crippen LogP contribution >= 0.6 is 0 Å². The number of carbonyl (C=O) groups excluding carboxylic acids is 2. The van der Waals surface area contributed by atoms with Crippen LogP contribution in [0.5, 0.6) is 5.75 Å². The number of carbonyl (C=O) groups is 2. The van der Waals surface area contributed by atoms with Gasteiger partial charge in [0, 0.05) is 31.6 Å². The van der Waals surface area contributed by atoms with E-state index < -0.39 is 0 Å². The van der Waals surface area contributed by atoms with Crippen LogP contribution in [0.4, 0.5) is 4.79 Å². The molecule has 1 saturated heterocycles. The largest absolute Gasteiger partial charge is 0.483 e. The van der Waals surface area contributed by atoms with Gasteiger partial charge in [0.25, 0.3) is 5.91 Å². The lowest BCUT2D eigenvalue weighted by Crippen LogP contribution is -2.39. The van der Waals surface area contributed by atoms with E-state index in [0.29, 0.717) is 38.5 Å². The van der Waals surface area contributed by atoms with Gasteiger partial charge in [-0.25, -0.2) is 10.2 Å². The third-order valence-electron chi connectivity index (χ3n) is 4.36. The number of likely N-dealkylation sites (tertiary alicyclic amines) is 1. The van der Waals surface area contributed by atoms with Gasteiger partial charge in [-0.2, -0.15) is 5.10 Å². The fourth-order valence-electron chi connectivity index (χ4n) is 2.83. The Bertz CT molecular complexity index is 690. The minimum absolute atomic E-state index is 0.0884. The van der Waals surface area contributed by atoms with E-state index in [-0.39, 0.29) is 18.6 Å². The van der Waals surface area contributed by atoms with E-state index in [1.165, 1.54) is 0 Å². The first-order valence-corrected chi connectivity index (χ1v) is 9.40. The van der Waals surface area contributed by atoms with Crippen molar-refractivity contribution in [1.82, 2.24) is 10.3 Å². The van der Waals surface area contributed by atoms with Crippen LogP contribution in [-0.4, -0.2) is 48.9 Å². The standard InChI is InChI=1S/C20H29N3O4/c1-5-26-20(25)23-10-8-16(9-11-23)21-22-19(24)13-27-18-12-15(4)6-7-17(18)14(2)3/h6-7,12,14H,5,8-11,13H2,1-4H3,(H,22,24). The van der Waals surface area contributed by atoms with Crippen LogP contribution in [0.1, 0.15) is 50.7 Å². The van der Waals surface area contributed by atoms with Crippen molar-refractivity contribution >= 4 is 17.7 Å². The summed E-state index contributed by atoms with van der Waals surface area (Å²) in [6.45, 7) is 9.33. The summed E-state index contributed by atoms with van der Waals surface area (Å²) < 4.78 is 10.7. The second-order valence-corrected chi connectivity index (χ2v) is 6.88. The summed E-state index contributed by atoms with van der Waals surface area (Å²) >= 11 is 0. The molecule has 148 valence electrons. The molecule has 1 aromatic carbocycles. The lowest BCUT2D eigenvalue weighted by molar-refractivity contribution is -0.123. The van der Waals surface area contributed by atoms with Crippen LogP contribution in [-0.2, 0) is 9.53 Å². The normalized spacial score (nSPS) is 14.1. The highest BCUT2D eigenvalue weighted by Gasteiger charge is 2.20. The number of nitrogens with zero attached hydrogens (tertiary/aromatic N) is 2. The van der Waals surface area contributed by atoms with E-state index in [4.69, 9.17) is 9.47 Å². The lowest BCUT2D eigenvalue weighted by Gasteiger charge is -2.26. The van der Waals surface area contributed by atoms with E-state index in [1.54, 1.807) is 11.8 Å². The smallest absolute Gasteiger partial charge is 0.409 e. The highest BCUT2D eigenvalue weighted by Crippen LogP contribution is 2.27. The third-order valence-corrected chi connectivity index (χ3v) is 4.36. The van der Waals surface area contributed by atoms with Gasteiger partial charge < -0.3 is 14.4 Å². The maximum Gasteiger partial charge on any atom is 0.409 e. The first-order valence-electron chi connectivity index (χ1n) is 9.40. The molecule has 1 heterocycles. The van der Waals surface area contributed by atoms with E-state index in [9.17, 15) is 9.59 Å².